The van der Waals surface area contributed by atoms with E-state index in [1.165, 1.54) is 28.9 Å². The fourth-order valence-electron chi connectivity index (χ4n) is 3.62. The molecule has 0 bridgehead atoms. The molecule has 0 radical (unpaired) electrons. The molecule has 2 amide bonds. The lowest BCUT2D eigenvalue weighted by atomic mass is 10.0. The zero-order chi connectivity index (χ0) is 26.5. The number of fused-ring (bicyclic) bond motifs is 1. The Morgan fingerprint density at radius 3 is 2.95 bits per heavy atom. The van der Waals surface area contributed by atoms with Gasteiger partial charge in [0.05, 0.1) is 25.3 Å². The summed E-state index contributed by atoms with van der Waals surface area (Å²) in [5.74, 6) is -0.898. The zero-order valence-electron chi connectivity index (χ0n) is 19.4. The lowest BCUT2D eigenvalue weighted by molar-refractivity contribution is -0.622. The highest BCUT2D eigenvalue weighted by Crippen LogP contribution is 2.45. The van der Waals surface area contributed by atoms with E-state index in [1.54, 1.807) is 24.2 Å². The molecule has 0 aromatic carbocycles. The highest BCUT2D eigenvalue weighted by molar-refractivity contribution is 8.06. The third-order valence-electron chi connectivity index (χ3n) is 5.39. The van der Waals surface area contributed by atoms with Gasteiger partial charge in [0.2, 0.25) is 0 Å². The smallest absolute Gasteiger partial charge is 0.276 e. The average Bonchev–Trinajstić information content (AvgIpc) is 3.31. The first-order valence-corrected chi connectivity index (χ1v) is 14.8. The van der Waals surface area contributed by atoms with Crippen molar-refractivity contribution in [1.82, 2.24) is 20.2 Å². The Kier molecular flexibility index (Phi) is 8.96. The van der Waals surface area contributed by atoms with Crippen LogP contribution in [-0.4, -0.2) is 80.1 Å². The predicted molar refractivity (Wildman–Crippen MR) is 141 cm³/mol. The Morgan fingerprint density at radius 2 is 2.27 bits per heavy atom. The van der Waals surface area contributed by atoms with E-state index in [4.69, 9.17) is 5.73 Å². The van der Waals surface area contributed by atoms with E-state index in [2.05, 4.69) is 25.8 Å². The van der Waals surface area contributed by atoms with E-state index in [9.17, 15) is 24.7 Å². The molecule has 2 aromatic heterocycles. The molecule has 37 heavy (non-hydrogen) atoms. The van der Waals surface area contributed by atoms with Crippen molar-refractivity contribution in [1.29, 1.82) is 0 Å². The van der Waals surface area contributed by atoms with Crippen molar-refractivity contribution in [3.63, 3.8) is 0 Å². The molecule has 16 heteroatoms. The first kappa shape index (κ1) is 27.3. The molecule has 1 fully saturated rings. The molecule has 12 nitrogen and oxygen atoms in total. The number of hydrogen-bond donors (Lipinski definition) is 4. The summed E-state index contributed by atoms with van der Waals surface area (Å²) in [6.45, 7) is 0.990. The molecule has 4 heterocycles. The van der Waals surface area contributed by atoms with Crippen molar-refractivity contribution in [3.05, 3.63) is 45.7 Å². The number of thioether (sulfide) groups is 3. The third kappa shape index (κ3) is 5.87. The summed E-state index contributed by atoms with van der Waals surface area (Å²) in [7, 11) is 2.01. The minimum absolute atomic E-state index is 0.0653. The average molecular weight is 582 g/mol. The van der Waals surface area contributed by atoms with Crippen molar-refractivity contribution in [2.24, 2.45) is 5.16 Å². The van der Waals surface area contributed by atoms with Crippen LogP contribution in [-0.2, 0) is 20.1 Å². The number of nitrogens with zero attached hydrogens (tertiary/aromatic N) is 4. The second-order valence-corrected chi connectivity index (χ2v) is 12.0. The highest BCUT2D eigenvalue weighted by atomic mass is 32.2. The number of carboxylic acids is 1. The molecule has 0 aliphatic carbocycles. The van der Waals surface area contributed by atoms with Crippen molar-refractivity contribution >= 4 is 75.2 Å². The fraction of sp³-hybridized carbons (Fsp3) is 0.333. The maximum atomic E-state index is 13.0. The van der Waals surface area contributed by atoms with Crippen LogP contribution in [0.3, 0.4) is 0 Å². The number of carbonyl (C=O) groups excluding carboxylic acids is 3. The van der Waals surface area contributed by atoms with E-state index >= 15 is 0 Å². The van der Waals surface area contributed by atoms with Crippen molar-refractivity contribution < 1.29 is 30.0 Å². The molecule has 2 aliphatic rings. The highest BCUT2D eigenvalue weighted by Gasteiger charge is 2.53. The van der Waals surface area contributed by atoms with Gasteiger partial charge in [0, 0.05) is 44.8 Å². The molecule has 2 aliphatic heterocycles. The largest absolute Gasteiger partial charge is 0.543 e. The van der Waals surface area contributed by atoms with Crippen LogP contribution in [0.1, 0.15) is 11.3 Å². The monoisotopic (exact) mass is 581 g/mol. The van der Waals surface area contributed by atoms with Gasteiger partial charge in [-0.25, -0.2) is 4.98 Å². The van der Waals surface area contributed by atoms with E-state index in [-0.39, 0.29) is 16.5 Å². The first-order valence-electron chi connectivity index (χ1n) is 11.0. The number of carbonyl (C=O) groups is 3. The summed E-state index contributed by atoms with van der Waals surface area (Å²) in [5.41, 5.74) is 6.02. The quantitative estimate of drug-likeness (QED) is 0.0826. The normalized spacial score (nSPS) is 19.4. The number of pyridine rings is 1. The van der Waals surface area contributed by atoms with Crippen LogP contribution in [0, 0.1) is 0 Å². The number of amides is 2. The van der Waals surface area contributed by atoms with Crippen LogP contribution in [0.2, 0.25) is 0 Å². The molecule has 2 aromatic rings. The predicted octanol–water partition coefficient (Wildman–Crippen LogP) is -1.12. The third-order valence-corrected chi connectivity index (χ3v) is 9.77. The summed E-state index contributed by atoms with van der Waals surface area (Å²) in [6.07, 6.45) is 3.41. The molecular weight excluding hydrogens is 559 g/mol. The Hall–Kier alpha value is -2.79. The zero-order valence-corrected chi connectivity index (χ0v) is 22.7. The van der Waals surface area contributed by atoms with Gasteiger partial charge in [0.25, 0.3) is 11.8 Å². The van der Waals surface area contributed by atoms with Crippen LogP contribution >= 0.6 is 46.6 Å². The van der Waals surface area contributed by atoms with Gasteiger partial charge in [-0.3, -0.25) is 19.5 Å². The number of quaternary nitrogens is 1. The summed E-state index contributed by atoms with van der Waals surface area (Å²) in [5, 5.41) is 30.0. The second kappa shape index (κ2) is 12.2. The van der Waals surface area contributed by atoms with E-state index in [0.717, 1.165) is 44.7 Å². The number of thiazole rings is 1. The Balaban J connectivity index is 1.49. The van der Waals surface area contributed by atoms with Gasteiger partial charge >= 0.3 is 0 Å². The SMILES string of the molecule is C[NH2+]CCSCc1cnccc1SC1=C(C(=O)[O-])N2C(=O)[C@@H](NC(=O)/C(=N\O)c3csc(N)n3)[C@H]2SC1. The molecule has 4 rings (SSSR count). The van der Waals surface area contributed by atoms with Crippen molar-refractivity contribution in [2.75, 3.05) is 30.8 Å². The number of nitrogen functional groups attached to an aromatic ring is 1. The Morgan fingerprint density at radius 1 is 1.46 bits per heavy atom. The van der Waals surface area contributed by atoms with E-state index in [0.29, 0.717) is 10.7 Å². The molecule has 6 N–H and O–H groups in total. The second-order valence-electron chi connectivity index (χ2n) is 7.77. The van der Waals surface area contributed by atoms with Crippen LogP contribution in [0.25, 0.3) is 0 Å². The molecule has 0 spiro atoms. The number of rotatable bonds is 11. The molecule has 0 unspecified atom stereocenters. The van der Waals surface area contributed by atoms with Gasteiger partial charge in [0.1, 0.15) is 17.1 Å². The van der Waals surface area contributed by atoms with Gasteiger partial charge in [-0.05, 0) is 11.6 Å². The van der Waals surface area contributed by atoms with Crippen molar-refractivity contribution in [2.45, 2.75) is 22.1 Å². The molecule has 0 saturated carbocycles. The number of β-lactam (4-membered cyclic amide) rings is 1. The Bertz CT molecular complexity index is 1270. The summed E-state index contributed by atoms with van der Waals surface area (Å²) in [4.78, 5) is 48.4. The number of oxime groups is 1. The first-order chi connectivity index (χ1) is 17.8. The summed E-state index contributed by atoms with van der Waals surface area (Å²) < 4.78 is 0. The minimum Gasteiger partial charge on any atom is -0.543 e. The van der Waals surface area contributed by atoms with E-state index < -0.39 is 34.9 Å². The number of carboxylic acid groups (broad SMARTS) is 1. The van der Waals surface area contributed by atoms with E-state index in [1.807, 2.05) is 13.1 Å². The number of anilines is 1. The minimum atomic E-state index is -1.47. The van der Waals surface area contributed by atoms with Crippen LogP contribution in [0.4, 0.5) is 5.13 Å². The number of hydrogen-bond acceptors (Lipinski definition) is 13. The molecule has 1 saturated heterocycles. The molecular formula is C21H23N7O5S4. The van der Waals surface area contributed by atoms with Crippen LogP contribution in [0.15, 0.2) is 44.5 Å². The molecule has 2 atom stereocenters. The van der Waals surface area contributed by atoms with Crippen LogP contribution in [0.5, 0.6) is 0 Å². The number of aromatic nitrogens is 2. The topological polar surface area (TPSA) is 191 Å². The maximum Gasteiger partial charge on any atom is 0.276 e. The number of nitrogens with one attached hydrogen (secondary N) is 1. The Labute approximate surface area is 228 Å². The lowest BCUT2D eigenvalue weighted by Crippen LogP contribution is -2.80. The number of nitrogens with two attached hydrogens (primary N) is 2. The summed E-state index contributed by atoms with van der Waals surface area (Å²) >= 11 is 5.43. The van der Waals surface area contributed by atoms with Crippen LogP contribution < -0.4 is 21.5 Å². The van der Waals surface area contributed by atoms with Gasteiger partial charge in [-0.2, -0.15) is 11.8 Å². The van der Waals surface area contributed by atoms with Gasteiger partial charge in [-0.15, -0.1) is 23.1 Å². The van der Waals surface area contributed by atoms with Crippen molar-refractivity contribution in [3.8, 4) is 0 Å². The van der Waals surface area contributed by atoms with Gasteiger partial charge < -0.3 is 31.5 Å². The standard InChI is InChI=1S/C21H23N7O5S4/c1-23-4-5-34-7-10-6-24-3-2-12(10)37-13-9-35-19-15(18(30)28(19)16(13)20(31)32)26-17(29)14(27-33)11-8-36-21(22)25-11/h2-3,6,8,15,19,23,33H,4-5,7,9H2,1H3,(H2,22,25)(H,26,29)(H,31,32)/b27-14-/t15-,19-/m1/s1. The lowest BCUT2D eigenvalue weighted by Gasteiger charge is -2.50. The molecule has 196 valence electrons. The van der Waals surface area contributed by atoms with Gasteiger partial charge in [-0.1, -0.05) is 16.9 Å². The fourth-order valence-corrected chi connectivity index (χ4v) is 7.81. The summed E-state index contributed by atoms with van der Waals surface area (Å²) in [6, 6.07) is 0.819. The maximum absolute atomic E-state index is 13.0. The number of aliphatic carboxylic acids is 1. The van der Waals surface area contributed by atoms with Gasteiger partial charge in [0.15, 0.2) is 10.8 Å².